The Bertz CT molecular complexity index is 599. The molecule has 0 heterocycles. The zero-order valence-corrected chi connectivity index (χ0v) is 13.3. The number of carbonyl (C=O) groups excluding carboxylic acids is 1. The average molecular weight is 335 g/mol. The molecular formula is C14H19F2NO4S. The van der Waals surface area contributed by atoms with Gasteiger partial charge in [-0.15, -0.1) is 0 Å². The predicted molar refractivity (Wildman–Crippen MR) is 76.6 cm³/mol. The van der Waals surface area contributed by atoms with Gasteiger partial charge in [0, 0.05) is 0 Å². The van der Waals surface area contributed by atoms with Crippen LogP contribution in [-0.4, -0.2) is 27.0 Å². The normalized spacial score (nSPS) is 12.9. The quantitative estimate of drug-likeness (QED) is 0.740. The molecule has 5 nitrogen and oxygen atoms in total. The summed E-state index contributed by atoms with van der Waals surface area (Å²) >= 11 is 0. The van der Waals surface area contributed by atoms with Gasteiger partial charge >= 0.3 is 5.97 Å². The predicted octanol–water partition coefficient (Wildman–Crippen LogP) is 2.37. The molecule has 0 fully saturated rings. The highest BCUT2D eigenvalue weighted by atomic mass is 32.2. The lowest BCUT2D eigenvalue weighted by molar-refractivity contribution is -0.145. The SMILES string of the molecule is CCCCC(NS(=O)(=O)c1c(F)cccc1F)C(=O)OCC. The van der Waals surface area contributed by atoms with Gasteiger partial charge in [0.15, 0.2) is 4.90 Å². The summed E-state index contributed by atoms with van der Waals surface area (Å²) in [5.74, 6) is -3.20. The highest BCUT2D eigenvalue weighted by molar-refractivity contribution is 7.89. The van der Waals surface area contributed by atoms with E-state index in [0.717, 1.165) is 24.6 Å². The maximum atomic E-state index is 13.6. The van der Waals surface area contributed by atoms with Crippen molar-refractivity contribution in [1.29, 1.82) is 0 Å². The molecule has 1 aromatic carbocycles. The number of carbonyl (C=O) groups is 1. The monoisotopic (exact) mass is 335 g/mol. The first-order valence-corrected chi connectivity index (χ1v) is 8.44. The van der Waals surface area contributed by atoms with Crippen molar-refractivity contribution in [2.24, 2.45) is 0 Å². The van der Waals surface area contributed by atoms with Gasteiger partial charge in [0.1, 0.15) is 17.7 Å². The van der Waals surface area contributed by atoms with Gasteiger partial charge in [-0.1, -0.05) is 25.8 Å². The van der Waals surface area contributed by atoms with Crippen LogP contribution in [0.15, 0.2) is 23.1 Å². The third kappa shape index (κ3) is 4.74. The summed E-state index contributed by atoms with van der Waals surface area (Å²) in [6, 6.07) is 1.55. The van der Waals surface area contributed by atoms with Crippen LogP contribution in [0.1, 0.15) is 33.1 Å². The Hall–Kier alpha value is -1.54. The van der Waals surface area contributed by atoms with Crippen LogP contribution < -0.4 is 4.72 Å². The molecule has 0 saturated heterocycles. The molecule has 0 spiro atoms. The third-order valence-electron chi connectivity index (χ3n) is 2.90. The first kappa shape index (κ1) is 18.5. The lowest BCUT2D eigenvalue weighted by atomic mass is 10.1. The maximum absolute atomic E-state index is 13.6. The number of benzene rings is 1. The number of halogens is 2. The van der Waals surface area contributed by atoms with E-state index in [-0.39, 0.29) is 13.0 Å². The summed E-state index contributed by atoms with van der Waals surface area (Å²) in [7, 11) is -4.52. The molecule has 124 valence electrons. The van der Waals surface area contributed by atoms with Gasteiger partial charge in [-0.25, -0.2) is 17.2 Å². The minimum Gasteiger partial charge on any atom is -0.465 e. The summed E-state index contributed by atoms with van der Waals surface area (Å²) in [5.41, 5.74) is 0. The molecule has 0 aliphatic heterocycles. The number of rotatable bonds is 8. The first-order valence-electron chi connectivity index (χ1n) is 6.96. The lowest BCUT2D eigenvalue weighted by Gasteiger charge is -2.17. The van der Waals surface area contributed by atoms with Crippen LogP contribution in [0.3, 0.4) is 0 Å². The summed E-state index contributed by atoms with van der Waals surface area (Å²) in [6.45, 7) is 3.53. The number of nitrogens with one attached hydrogen (secondary N) is 1. The molecule has 8 heteroatoms. The van der Waals surface area contributed by atoms with E-state index in [1.807, 2.05) is 11.6 Å². The second kappa shape index (κ2) is 8.19. The van der Waals surface area contributed by atoms with Crippen molar-refractivity contribution in [1.82, 2.24) is 4.72 Å². The van der Waals surface area contributed by atoms with Gasteiger partial charge in [0.2, 0.25) is 10.0 Å². The van der Waals surface area contributed by atoms with Crippen molar-refractivity contribution in [3.8, 4) is 0 Å². The summed E-state index contributed by atoms with van der Waals surface area (Å²) < 4.78 is 58.4. The number of sulfonamides is 1. The lowest BCUT2D eigenvalue weighted by Crippen LogP contribution is -2.42. The molecule has 1 unspecified atom stereocenters. The van der Waals surface area contributed by atoms with Crippen LogP contribution in [0.2, 0.25) is 0 Å². The van der Waals surface area contributed by atoms with Crippen molar-refractivity contribution in [3.05, 3.63) is 29.8 Å². The van der Waals surface area contributed by atoms with Crippen molar-refractivity contribution < 1.29 is 26.7 Å². The highest BCUT2D eigenvalue weighted by Gasteiger charge is 2.30. The molecule has 0 amide bonds. The number of ether oxygens (including phenoxy) is 1. The molecule has 22 heavy (non-hydrogen) atoms. The van der Waals surface area contributed by atoms with Crippen molar-refractivity contribution in [2.45, 2.75) is 44.0 Å². The van der Waals surface area contributed by atoms with Gasteiger partial charge in [0.25, 0.3) is 0 Å². The maximum Gasteiger partial charge on any atom is 0.324 e. The molecule has 1 atom stereocenters. The summed E-state index contributed by atoms with van der Waals surface area (Å²) in [4.78, 5) is 10.7. The Balaban J connectivity index is 3.07. The number of unbranched alkanes of at least 4 members (excludes halogenated alkanes) is 1. The van der Waals surface area contributed by atoms with Crippen molar-refractivity contribution >= 4 is 16.0 Å². The Labute approximate surface area is 128 Å². The van der Waals surface area contributed by atoms with E-state index in [1.165, 1.54) is 0 Å². The molecular weight excluding hydrogens is 316 g/mol. The number of hydrogen-bond acceptors (Lipinski definition) is 4. The van der Waals surface area contributed by atoms with Crippen LogP contribution in [0.4, 0.5) is 8.78 Å². The van der Waals surface area contributed by atoms with Crippen molar-refractivity contribution in [2.75, 3.05) is 6.61 Å². The summed E-state index contributed by atoms with van der Waals surface area (Å²) in [6.07, 6.45) is 1.47. The van der Waals surface area contributed by atoms with Crippen LogP contribution in [0.25, 0.3) is 0 Å². The third-order valence-corrected chi connectivity index (χ3v) is 4.42. The topological polar surface area (TPSA) is 72.5 Å². The number of esters is 1. The minimum absolute atomic E-state index is 0.0806. The minimum atomic E-state index is -4.52. The Morgan fingerprint density at radius 1 is 1.27 bits per heavy atom. The molecule has 0 radical (unpaired) electrons. The molecule has 1 N–H and O–H groups in total. The Kier molecular flexibility index (Phi) is 6.89. The molecule has 0 aromatic heterocycles. The van der Waals surface area contributed by atoms with Crippen molar-refractivity contribution in [3.63, 3.8) is 0 Å². The molecule has 1 rings (SSSR count). The van der Waals surface area contributed by atoms with Gasteiger partial charge in [0.05, 0.1) is 6.61 Å². The fourth-order valence-corrected chi connectivity index (χ4v) is 3.22. The van der Waals surface area contributed by atoms with E-state index in [4.69, 9.17) is 4.74 Å². The van der Waals surface area contributed by atoms with Gasteiger partial charge in [-0.3, -0.25) is 4.79 Å². The van der Waals surface area contributed by atoms with E-state index in [9.17, 15) is 22.0 Å². The zero-order chi connectivity index (χ0) is 16.8. The molecule has 0 aliphatic carbocycles. The molecule has 0 aliphatic rings. The smallest absolute Gasteiger partial charge is 0.324 e. The van der Waals surface area contributed by atoms with E-state index in [2.05, 4.69) is 0 Å². The average Bonchev–Trinajstić information content (AvgIpc) is 2.43. The van der Waals surface area contributed by atoms with Crippen LogP contribution in [0, 0.1) is 11.6 Å². The Morgan fingerprint density at radius 2 is 1.86 bits per heavy atom. The fraction of sp³-hybridized carbons (Fsp3) is 0.500. The van der Waals surface area contributed by atoms with Crippen LogP contribution in [0.5, 0.6) is 0 Å². The van der Waals surface area contributed by atoms with E-state index < -0.39 is 38.6 Å². The van der Waals surface area contributed by atoms with E-state index in [1.54, 1.807) is 6.92 Å². The molecule has 1 aromatic rings. The largest absolute Gasteiger partial charge is 0.465 e. The fourth-order valence-electron chi connectivity index (χ4n) is 1.86. The van der Waals surface area contributed by atoms with E-state index >= 15 is 0 Å². The zero-order valence-electron chi connectivity index (χ0n) is 12.4. The second-order valence-corrected chi connectivity index (χ2v) is 6.27. The van der Waals surface area contributed by atoms with Crippen LogP contribution in [-0.2, 0) is 19.6 Å². The Morgan fingerprint density at radius 3 is 2.36 bits per heavy atom. The highest BCUT2D eigenvalue weighted by Crippen LogP contribution is 2.19. The standard InChI is InChI=1S/C14H19F2NO4S/c1-3-5-9-12(14(18)21-4-2)17-22(19,20)13-10(15)7-6-8-11(13)16/h6-8,12,17H,3-5,9H2,1-2H3. The van der Waals surface area contributed by atoms with Crippen LogP contribution >= 0.6 is 0 Å². The molecule has 0 saturated carbocycles. The van der Waals surface area contributed by atoms with Gasteiger partial charge < -0.3 is 4.74 Å². The summed E-state index contributed by atoms with van der Waals surface area (Å²) in [5, 5.41) is 0. The van der Waals surface area contributed by atoms with E-state index in [0.29, 0.717) is 6.42 Å². The van der Waals surface area contributed by atoms with Gasteiger partial charge in [-0.2, -0.15) is 4.72 Å². The second-order valence-electron chi connectivity index (χ2n) is 4.62. The molecule has 0 bridgehead atoms. The number of hydrogen-bond donors (Lipinski definition) is 1. The first-order chi connectivity index (χ1) is 10.3. The van der Waals surface area contributed by atoms with Gasteiger partial charge in [-0.05, 0) is 25.5 Å².